The van der Waals surface area contributed by atoms with Gasteiger partial charge in [-0.25, -0.2) is 14.6 Å². The Morgan fingerprint density at radius 3 is 2.41 bits per heavy atom. The molecule has 0 saturated carbocycles. The lowest BCUT2D eigenvalue weighted by atomic mass is 9.96. The second kappa shape index (κ2) is 3.84. The highest BCUT2D eigenvalue weighted by Gasteiger charge is 2.21. The van der Waals surface area contributed by atoms with E-state index in [-0.39, 0.29) is 5.41 Å². The molecule has 5 heteroatoms. The van der Waals surface area contributed by atoms with Gasteiger partial charge >= 0.3 is 0 Å². The summed E-state index contributed by atoms with van der Waals surface area (Å²) in [5.74, 6) is 2.14. The number of rotatable bonds is 1. The van der Waals surface area contributed by atoms with E-state index in [4.69, 9.17) is 5.73 Å². The minimum Gasteiger partial charge on any atom is -0.384 e. The highest BCUT2D eigenvalue weighted by molar-refractivity contribution is 5.55. The lowest BCUT2D eigenvalue weighted by Crippen LogP contribution is -2.13. The average molecular weight is 231 g/mol. The van der Waals surface area contributed by atoms with E-state index in [1.54, 1.807) is 16.9 Å². The van der Waals surface area contributed by atoms with Crippen molar-refractivity contribution in [2.75, 3.05) is 5.73 Å². The van der Waals surface area contributed by atoms with Gasteiger partial charge in [0.15, 0.2) is 11.6 Å². The summed E-state index contributed by atoms with van der Waals surface area (Å²) >= 11 is 0. The van der Waals surface area contributed by atoms with Gasteiger partial charge in [-0.1, -0.05) is 20.8 Å². The molecule has 2 aromatic heterocycles. The minimum absolute atomic E-state index is 0.0583. The number of hydrogen-bond donors (Lipinski definition) is 1. The first kappa shape index (κ1) is 11.6. The summed E-state index contributed by atoms with van der Waals surface area (Å²) in [4.78, 5) is 8.62. The Morgan fingerprint density at radius 1 is 1.24 bits per heavy atom. The van der Waals surface area contributed by atoms with Crippen LogP contribution in [0.25, 0.3) is 11.4 Å². The molecule has 0 spiro atoms. The molecule has 0 aromatic carbocycles. The Balaban J connectivity index is 2.46. The van der Waals surface area contributed by atoms with Crippen molar-refractivity contribution in [3.8, 4) is 11.4 Å². The van der Waals surface area contributed by atoms with E-state index in [9.17, 15) is 0 Å². The Hall–Kier alpha value is -1.91. The number of nitrogens with two attached hydrogens (primary N) is 1. The Kier molecular flexibility index (Phi) is 2.61. The summed E-state index contributed by atoms with van der Waals surface area (Å²) in [6, 6.07) is 3.67. The SMILES string of the molecule is Cn1nc(C(C)(C)C)nc1-c1ccc(N)nc1. The van der Waals surface area contributed by atoms with Crippen molar-refractivity contribution in [2.24, 2.45) is 7.05 Å². The van der Waals surface area contributed by atoms with E-state index in [2.05, 4.69) is 35.8 Å². The topological polar surface area (TPSA) is 69.6 Å². The van der Waals surface area contributed by atoms with Gasteiger partial charge in [-0.05, 0) is 12.1 Å². The summed E-state index contributed by atoms with van der Waals surface area (Å²) in [6.45, 7) is 6.27. The third-order valence-corrected chi connectivity index (χ3v) is 2.48. The number of nitrogens with zero attached hydrogens (tertiary/aromatic N) is 4. The molecule has 0 unspecified atom stereocenters. The molecule has 5 nitrogen and oxygen atoms in total. The van der Waals surface area contributed by atoms with Gasteiger partial charge in [0.25, 0.3) is 0 Å². The first-order chi connectivity index (χ1) is 7.88. The molecule has 0 bridgehead atoms. The van der Waals surface area contributed by atoms with Crippen LogP contribution in [-0.4, -0.2) is 19.7 Å². The number of aryl methyl sites for hydroxylation is 1. The zero-order chi connectivity index (χ0) is 12.6. The highest BCUT2D eigenvalue weighted by Crippen LogP contribution is 2.22. The van der Waals surface area contributed by atoms with E-state index >= 15 is 0 Å². The molecule has 2 N–H and O–H groups in total. The fraction of sp³-hybridized carbons (Fsp3) is 0.417. The zero-order valence-electron chi connectivity index (χ0n) is 10.6. The van der Waals surface area contributed by atoms with Crippen LogP contribution in [-0.2, 0) is 12.5 Å². The van der Waals surface area contributed by atoms with Crippen molar-refractivity contribution in [3.63, 3.8) is 0 Å². The van der Waals surface area contributed by atoms with Crippen molar-refractivity contribution in [3.05, 3.63) is 24.2 Å². The fourth-order valence-electron chi connectivity index (χ4n) is 1.49. The molecule has 17 heavy (non-hydrogen) atoms. The van der Waals surface area contributed by atoms with Gasteiger partial charge in [0, 0.05) is 24.2 Å². The molecular weight excluding hydrogens is 214 g/mol. The van der Waals surface area contributed by atoms with Crippen LogP contribution in [0.3, 0.4) is 0 Å². The number of nitrogen functional groups attached to an aromatic ring is 1. The molecule has 0 aliphatic rings. The number of hydrogen-bond acceptors (Lipinski definition) is 4. The van der Waals surface area contributed by atoms with E-state index in [0.717, 1.165) is 17.2 Å². The standard InChI is InChI=1S/C12H17N5/c1-12(2,3)11-15-10(17(4)16-11)8-5-6-9(13)14-7-8/h5-7H,1-4H3,(H2,13,14). The molecule has 0 saturated heterocycles. The Bertz CT molecular complexity index is 519. The molecule has 0 fully saturated rings. The Morgan fingerprint density at radius 2 is 1.94 bits per heavy atom. The van der Waals surface area contributed by atoms with Crippen LogP contribution in [0.2, 0.25) is 0 Å². The molecule has 0 atom stereocenters. The van der Waals surface area contributed by atoms with E-state index < -0.39 is 0 Å². The molecule has 0 aliphatic heterocycles. The molecule has 0 radical (unpaired) electrons. The smallest absolute Gasteiger partial charge is 0.159 e. The maximum Gasteiger partial charge on any atom is 0.159 e. The summed E-state index contributed by atoms with van der Waals surface area (Å²) in [5.41, 5.74) is 6.43. The van der Waals surface area contributed by atoms with Crippen molar-refractivity contribution < 1.29 is 0 Å². The zero-order valence-corrected chi connectivity index (χ0v) is 10.6. The predicted molar refractivity (Wildman–Crippen MR) is 67.3 cm³/mol. The van der Waals surface area contributed by atoms with Crippen LogP contribution in [0, 0.1) is 0 Å². The quantitative estimate of drug-likeness (QED) is 0.811. The van der Waals surface area contributed by atoms with Crippen molar-refractivity contribution in [1.82, 2.24) is 19.7 Å². The third kappa shape index (κ3) is 2.27. The van der Waals surface area contributed by atoms with E-state index in [1.165, 1.54) is 0 Å². The van der Waals surface area contributed by atoms with Crippen molar-refractivity contribution in [1.29, 1.82) is 0 Å². The number of anilines is 1. The van der Waals surface area contributed by atoms with Gasteiger partial charge in [-0.2, -0.15) is 5.10 Å². The van der Waals surface area contributed by atoms with Crippen LogP contribution >= 0.6 is 0 Å². The highest BCUT2D eigenvalue weighted by atomic mass is 15.3. The lowest BCUT2D eigenvalue weighted by molar-refractivity contribution is 0.538. The third-order valence-electron chi connectivity index (χ3n) is 2.48. The van der Waals surface area contributed by atoms with Gasteiger partial charge < -0.3 is 5.73 Å². The molecule has 2 aromatic rings. The Labute approximate surface area is 101 Å². The van der Waals surface area contributed by atoms with Crippen LogP contribution in [0.5, 0.6) is 0 Å². The first-order valence-electron chi connectivity index (χ1n) is 5.51. The predicted octanol–water partition coefficient (Wildman–Crippen LogP) is 1.76. The van der Waals surface area contributed by atoms with Gasteiger partial charge in [0.05, 0.1) is 0 Å². The average Bonchev–Trinajstić information content (AvgIpc) is 2.61. The summed E-state index contributed by atoms with van der Waals surface area (Å²) in [6.07, 6.45) is 1.71. The summed E-state index contributed by atoms with van der Waals surface area (Å²) in [7, 11) is 1.88. The van der Waals surface area contributed by atoms with Crippen LogP contribution in [0.4, 0.5) is 5.82 Å². The fourth-order valence-corrected chi connectivity index (χ4v) is 1.49. The second-order valence-electron chi connectivity index (χ2n) is 5.10. The monoisotopic (exact) mass is 231 g/mol. The van der Waals surface area contributed by atoms with E-state index in [0.29, 0.717) is 5.82 Å². The normalized spacial score (nSPS) is 11.8. The first-order valence-corrected chi connectivity index (χ1v) is 5.51. The van der Waals surface area contributed by atoms with Crippen LogP contribution in [0.15, 0.2) is 18.3 Å². The van der Waals surface area contributed by atoms with Gasteiger partial charge in [0.2, 0.25) is 0 Å². The molecule has 2 heterocycles. The maximum absolute atomic E-state index is 5.56. The van der Waals surface area contributed by atoms with Crippen molar-refractivity contribution >= 4 is 5.82 Å². The van der Waals surface area contributed by atoms with Gasteiger partial charge in [0.1, 0.15) is 5.82 Å². The minimum atomic E-state index is -0.0583. The number of aromatic nitrogens is 4. The lowest BCUT2D eigenvalue weighted by Gasteiger charge is -2.11. The van der Waals surface area contributed by atoms with Gasteiger partial charge in [-0.15, -0.1) is 0 Å². The molecule has 0 aliphatic carbocycles. The van der Waals surface area contributed by atoms with E-state index in [1.807, 2.05) is 13.1 Å². The molecular formula is C12H17N5. The van der Waals surface area contributed by atoms with Gasteiger partial charge in [-0.3, -0.25) is 0 Å². The summed E-state index contributed by atoms with van der Waals surface area (Å²) < 4.78 is 1.77. The molecule has 0 amide bonds. The van der Waals surface area contributed by atoms with Crippen LogP contribution < -0.4 is 5.73 Å². The summed E-state index contributed by atoms with van der Waals surface area (Å²) in [5, 5.41) is 4.43. The van der Waals surface area contributed by atoms with Crippen LogP contribution in [0.1, 0.15) is 26.6 Å². The molecule has 90 valence electrons. The largest absolute Gasteiger partial charge is 0.384 e. The molecule has 2 rings (SSSR count). The maximum atomic E-state index is 5.56. The van der Waals surface area contributed by atoms with Crippen molar-refractivity contribution in [2.45, 2.75) is 26.2 Å². The number of pyridine rings is 1. The second-order valence-corrected chi connectivity index (χ2v) is 5.10.